The van der Waals surface area contributed by atoms with Crippen LogP contribution in [0, 0.1) is 0 Å². The summed E-state index contributed by atoms with van der Waals surface area (Å²) in [6, 6.07) is 6.44. The van der Waals surface area contributed by atoms with E-state index in [0.29, 0.717) is 6.10 Å². The molecular weight excluding hydrogens is 334 g/mol. The highest BCUT2D eigenvalue weighted by atomic mass is 79.9. The fourth-order valence-corrected chi connectivity index (χ4v) is 2.80. The predicted octanol–water partition coefficient (Wildman–Crippen LogP) is 3.57. The minimum Gasteiger partial charge on any atom is -0.375 e. The molecule has 1 aliphatic rings. The largest absolute Gasteiger partial charge is 0.375 e. The number of hydrogen-bond acceptors (Lipinski definition) is 2. The van der Waals surface area contributed by atoms with E-state index in [1.807, 2.05) is 0 Å². The van der Waals surface area contributed by atoms with Crippen molar-refractivity contribution >= 4 is 37.5 Å². The van der Waals surface area contributed by atoms with Gasteiger partial charge in [0.15, 0.2) is 0 Å². The summed E-state index contributed by atoms with van der Waals surface area (Å²) in [5.74, 6) is 0. The van der Waals surface area contributed by atoms with E-state index in [4.69, 9.17) is 4.74 Å². The van der Waals surface area contributed by atoms with Gasteiger partial charge in [-0.25, -0.2) is 0 Å². The third-order valence-electron chi connectivity index (χ3n) is 2.77. The van der Waals surface area contributed by atoms with Gasteiger partial charge in [0.1, 0.15) is 0 Å². The normalized spacial score (nSPS) is 21.2. The Bertz CT molecular complexity index is 370. The fourth-order valence-electron chi connectivity index (χ4n) is 1.98. The van der Waals surface area contributed by atoms with Crippen molar-refractivity contribution in [2.24, 2.45) is 0 Å². The Hall–Kier alpha value is -0.0600. The molecule has 0 bridgehead atoms. The smallest absolute Gasteiger partial charge is 0.0722 e. The van der Waals surface area contributed by atoms with E-state index in [0.717, 1.165) is 29.5 Å². The summed E-state index contributed by atoms with van der Waals surface area (Å²) >= 11 is 7.08. The summed E-state index contributed by atoms with van der Waals surface area (Å²) < 4.78 is 6.70. The quantitative estimate of drug-likeness (QED) is 0.757. The van der Waals surface area contributed by atoms with Crippen LogP contribution in [0.3, 0.4) is 0 Å². The van der Waals surface area contributed by atoms with E-state index in [1.165, 1.54) is 11.3 Å². The van der Waals surface area contributed by atoms with Crippen LogP contribution in [0.2, 0.25) is 0 Å². The van der Waals surface area contributed by atoms with Crippen LogP contribution < -0.4 is 4.90 Å². The SMILES string of the molecule is CC1CN(c2cc(Br)ccc2CBr)CCO1. The van der Waals surface area contributed by atoms with Crippen molar-refractivity contribution in [3.8, 4) is 0 Å². The van der Waals surface area contributed by atoms with Crippen molar-refractivity contribution in [3.63, 3.8) is 0 Å². The molecule has 1 fully saturated rings. The van der Waals surface area contributed by atoms with E-state index >= 15 is 0 Å². The lowest BCUT2D eigenvalue weighted by Crippen LogP contribution is -2.41. The molecule has 1 atom stereocenters. The molecule has 1 heterocycles. The van der Waals surface area contributed by atoms with Gasteiger partial charge in [-0.1, -0.05) is 37.9 Å². The van der Waals surface area contributed by atoms with Gasteiger partial charge >= 0.3 is 0 Å². The Morgan fingerprint density at radius 3 is 3.00 bits per heavy atom. The highest BCUT2D eigenvalue weighted by molar-refractivity contribution is 9.10. The van der Waals surface area contributed by atoms with Crippen molar-refractivity contribution in [2.45, 2.75) is 18.4 Å². The molecule has 4 heteroatoms. The lowest BCUT2D eigenvalue weighted by molar-refractivity contribution is 0.0532. The average molecular weight is 349 g/mol. The Morgan fingerprint density at radius 2 is 2.31 bits per heavy atom. The highest BCUT2D eigenvalue weighted by Crippen LogP contribution is 2.28. The number of hydrogen-bond donors (Lipinski definition) is 0. The van der Waals surface area contributed by atoms with Gasteiger partial charge in [0.2, 0.25) is 0 Å². The monoisotopic (exact) mass is 347 g/mol. The molecule has 2 nitrogen and oxygen atoms in total. The zero-order valence-corrected chi connectivity index (χ0v) is 12.4. The third-order valence-corrected chi connectivity index (χ3v) is 3.87. The van der Waals surface area contributed by atoms with Crippen LogP contribution in [0.1, 0.15) is 12.5 Å². The third kappa shape index (κ3) is 2.79. The number of anilines is 1. The minimum absolute atomic E-state index is 0.316. The number of alkyl halides is 1. The molecule has 0 aromatic heterocycles. The van der Waals surface area contributed by atoms with Crippen molar-refractivity contribution in [2.75, 3.05) is 24.6 Å². The first-order chi connectivity index (χ1) is 7.70. The Kier molecular flexibility index (Phi) is 4.27. The number of nitrogens with zero attached hydrogens (tertiary/aromatic N) is 1. The summed E-state index contributed by atoms with van der Waals surface area (Å²) in [6.07, 6.45) is 0.316. The summed E-state index contributed by atoms with van der Waals surface area (Å²) in [6.45, 7) is 4.88. The molecule has 88 valence electrons. The second-order valence-corrected chi connectivity index (χ2v) is 5.51. The van der Waals surface area contributed by atoms with Crippen LogP contribution in [-0.2, 0) is 10.1 Å². The molecule has 0 spiro atoms. The number of morpholine rings is 1. The molecule has 1 aliphatic heterocycles. The molecular formula is C12H15Br2NO. The number of rotatable bonds is 2. The molecule has 1 saturated heterocycles. The predicted molar refractivity (Wildman–Crippen MR) is 74.4 cm³/mol. The van der Waals surface area contributed by atoms with Crippen LogP contribution in [0.25, 0.3) is 0 Å². The van der Waals surface area contributed by atoms with Gasteiger partial charge in [0.25, 0.3) is 0 Å². The highest BCUT2D eigenvalue weighted by Gasteiger charge is 2.19. The van der Waals surface area contributed by atoms with Gasteiger partial charge in [0, 0.05) is 28.6 Å². The lowest BCUT2D eigenvalue weighted by atomic mass is 10.1. The number of halogens is 2. The van der Waals surface area contributed by atoms with Crippen LogP contribution in [-0.4, -0.2) is 25.8 Å². The fraction of sp³-hybridized carbons (Fsp3) is 0.500. The van der Waals surface area contributed by atoms with Gasteiger partial charge in [-0.2, -0.15) is 0 Å². The molecule has 16 heavy (non-hydrogen) atoms. The maximum Gasteiger partial charge on any atom is 0.0722 e. The van der Waals surface area contributed by atoms with Crippen LogP contribution in [0.15, 0.2) is 22.7 Å². The molecule has 1 aromatic carbocycles. The van der Waals surface area contributed by atoms with Gasteiger partial charge in [-0.3, -0.25) is 0 Å². The summed E-state index contributed by atoms with van der Waals surface area (Å²) in [4.78, 5) is 2.40. The maximum atomic E-state index is 5.57. The van der Waals surface area contributed by atoms with E-state index < -0.39 is 0 Å². The van der Waals surface area contributed by atoms with Crippen molar-refractivity contribution < 1.29 is 4.74 Å². The van der Waals surface area contributed by atoms with Crippen molar-refractivity contribution in [1.29, 1.82) is 0 Å². The Labute approximate surface area is 113 Å². The number of ether oxygens (including phenoxy) is 1. The van der Waals surface area contributed by atoms with Crippen LogP contribution in [0.5, 0.6) is 0 Å². The molecule has 0 aliphatic carbocycles. The second kappa shape index (κ2) is 5.52. The Morgan fingerprint density at radius 1 is 1.50 bits per heavy atom. The van der Waals surface area contributed by atoms with Crippen molar-refractivity contribution in [1.82, 2.24) is 0 Å². The molecule has 1 unspecified atom stereocenters. The number of benzene rings is 1. The molecule has 0 saturated carbocycles. The summed E-state index contributed by atoms with van der Waals surface area (Å²) in [5, 5.41) is 0.890. The second-order valence-electron chi connectivity index (χ2n) is 4.03. The standard InChI is InChI=1S/C12H15Br2NO/c1-9-8-15(4-5-16-9)12-6-11(14)3-2-10(12)7-13/h2-3,6,9H,4-5,7-8H2,1H3. The van der Waals surface area contributed by atoms with Gasteiger partial charge in [-0.15, -0.1) is 0 Å². The maximum absolute atomic E-state index is 5.57. The van der Waals surface area contributed by atoms with Crippen molar-refractivity contribution in [3.05, 3.63) is 28.2 Å². The first kappa shape index (κ1) is 12.4. The molecule has 2 rings (SSSR count). The van der Waals surface area contributed by atoms with Gasteiger partial charge in [-0.05, 0) is 24.6 Å². The minimum atomic E-state index is 0.316. The van der Waals surface area contributed by atoms with E-state index in [2.05, 4.69) is 61.9 Å². The zero-order chi connectivity index (χ0) is 11.5. The first-order valence-corrected chi connectivity index (χ1v) is 7.33. The first-order valence-electron chi connectivity index (χ1n) is 5.41. The van der Waals surface area contributed by atoms with E-state index in [1.54, 1.807) is 0 Å². The molecule has 1 aromatic rings. The van der Waals surface area contributed by atoms with Gasteiger partial charge < -0.3 is 9.64 Å². The molecule has 0 N–H and O–H groups in total. The van der Waals surface area contributed by atoms with Crippen LogP contribution >= 0.6 is 31.9 Å². The molecule has 0 amide bonds. The van der Waals surface area contributed by atoms with E-state index in [-0.39, 0.29) is 0 Å². The average Bonchev–Trinajstić information content (AvgIpc) is 2.29. The lowest BCUT2D eigenvalue weighted by Gasteiger charge is -2.34. The zero-order valence-electron chi connectivity index (χ0n) is 9.25. The van der Waals surface area contributed by atoms with E-state index in [9.17, 15) is 0 Å². The van der Waals surface area contributed by atoms with Gasteiger partial charge in [0.05, 0.1) is 12.7 Å². The van der Waals surface area contributed by atoms with Crippen LogP contribution in [0.4, 0.5) is 5.69 Å². The molecule has 0 radical (unpaired) electrons. The summed E-state index contributed by atoms with van der Waals surface area (Å²) in [5.41, 5.74) is 2.64. The Balaban J connectivity index is 2.26. The topological polar surface area (TPSA) is 12.5 Å². The summed E-state index contributed by atoms with van der Waals surface area (Å²) in [7, 11) is 0.